The second-order valence-electron chi connectivity index (χ2n) is 9.57. The highest BCUT2D eigenvalue weighted by Crippen LogP contribution is 2.42. The van der Waals surface area contributed by atoms with Crippen LogP contribution in [0.5, 0.6) is 11.5 Å². The fourth-order valence-corrected chi connectivity index (χ4v) is 6.14. The normalized spacial score (nSPS) is 19.6. The lowest BCUT2D eigenvalue weighted by Crippen LogP contribution is -2.46. The summed E-state index contributed by atoms with van der Waals surface area (Å²) in [5, 5.41) is 3.35. The zero-order chi connectivity index (χ0) is 26.5. The molecule has 0 spiro atoms. The molecule has 1 unspecified atom stereocenters. The van der Waals surface area contributed by atoms with Crippen molar-refractivity contribution in [3.8, 4) is 11.5 Å². The predicted octanol–water partition coefficient (Wildman–Crippen LogP) is 2.51. The second-order valence-corrected chi connectivity index (χ2v) is 11.7. The van der Waals surface area contributed by atoms with Crippen LogP contribution in [0.25, 0.3) is 0 Å². The van der Waals surface area contributed by atoms with Gasteiger partial charge in [0.25, 0.3) is 5.91 Å². The Morgan fingerprint density at radius 3 is 2.54 bits per heavy atom. The summed E-state index contributed by atoms with van der Waals surface area (Å²) in [6, 6.07) is 12.8. The number of amides is 1. The number of rotatable bonds is 11. The van der Waals surface area contributed by atoms with Crippen LogP contribution < -0.4 is 19.7 Å². The third-order valence-electron chi connectivity index (χ3n) is 6.74. The Morgan fingerprint density at radius 1 is 1.14 bits per heavy atom. The average Bonchev–Trinajstić information content (AvgIpc) is 2.89. The third kappa shape index (κ3) is 6.43. The van der Waals surface area contributed by atoms with E-state index in [-0.39, 0.29) is 24.4 Å². The monoisotopic (exact) mass is 532 g/mol. The van der Waals surface area contributed by atoms with Gasteiger partial charge in [-0.2, -0.15) is 0 Å². The van der Waals surface area contributed by atoms with Crippen LogP contribution in [-0.4, -0.2) is 79.5 Å². The van der Waals surface area contributed by atoms with Gasteiger partial charge in [0.05, 0.1) is 24.7 Å². The Balaban J connectivity index is 1.86. The van der Waals surface area contributed by atoms with Crippen molar-refractivity contribution in [1.82, 2.24) is 5.32 Å². The zero-order valence-electron chi connectivity index (χ0n) is 21.7. The predicted molar refractivity (Wildman–Crippen MR) is 141 cm³/mol. The second kappa shape index (κ2) is 11.8. The minimum Gasteiger partial charge on any atom is -0.497 e. The molecule has 9 nitrogen and oxygen atoms in total. The number of nitrogens with zero attached hydrogens (tertiary/aromatic N) is 1. The number of fused-ring (bicyclic) bond motifs is 1. The number of carbonyl (C=O) groups is 1. The van der Waals surface area contributed by atoms with Crippen molar-refractivity contribution >= 4 is 21.4 Å². The van der Waals surface area contributed by atoms with Gasteiger partial charge < -0.3 is 29.2 Å². The molecule has 4 rings (SSSR count). The van der Waals surface area contributed by atoms with Crippen molar-refractivity contribution in [2.24, 2.45) is 0 Å². The van der Waals surface area contributed by atoms with Crippen LogP contribution in [-0.2, 0) is 29.7 Å². The maximum absolute atomic E-state index is 12.9. The number of piperidine rings is 1. The van der Waals surface area contributed by atoms with Gasteiger partial charge in [-0.15, -0.1) is 0 Å². The minimum absolute atomic E-state index is 0.0451. The summed E-state index contributed by atoms with van der Waals surface area (Å²) in [7, 11) is -0.304. The van der Waals surface area contributed by atoms with Crippen LogP contribution in [0.3, 0.4) is 0 Å². The third-order valence-corrected chi connectivity index (χ3v) is 7.67. The average molecular weight is 533 g/mol. The van der Waals surface area contributed by atoms with Gasteiger partial charge in [0, 0.05) is 33.1 Å². The molecule has 37 heavy (non-hydrogen) atoms. The van der Waals surface area contributed by atoms with Crippen LogP contribution in [0, 0.1) is 0 Å². The summed E-state index contributed by atoms with van der Waals surface area (Å²) in [5.41, 5.74) is 0.624. The molecule has 2 aliphatic rings. The number of nitrogens with one attached hydrogen (secondary N) is 1. The van der Waals surface area contributed by atoms with Gasteiger partial charge in [-0.1, -0.05) is 18.2 Å². The molecule has 0 aromatic heterocycles. The summed E-state index contributed by atoms with van der Waals surface area (Å²) in [6.07, 6.45) is 3.43. The van der Waals surface area contributed by atoms with E-state index in [9.17, 15) is 13.2 Å². The van der Waals surface area contributed by atoms with Crippen LogP contribution in [0.1, 0.15) is 30.4 Å². The largest absolute Gasteiger partial charge is 0.497 e. The first-order valence-corrected chi connectivity index (χ1v) is 14.6. The number of sulfone groups is 1. The van der Waals surface area contributed by atoms with E-state index in [0.29, 0.717) is 54.4 Å². The van der Waals surface area contributed by atoms with Gasteiger partial charge in [0.1, 0.15) is 17.1 Å². The highest BCUT2D eigenvalue weighted by molar-refractivity contribution is 7.90. The van der Waals surface area contributed by atoms with Gasteiger partial charge in [-0.3, -0.25) is 4.79 Å². The fraction of sp³-hybridized carbons (Fsp3) is 0.519. The lowest BCUT2D eigenvalue weighted by atomic mass is 9.86. The topological polar surface area (TPSA) is 103 Å². The Bertz CT molecular complexity index is 1180. The first-order valence-electron chi connectivity index (χ1n) is 12.5. The van der Waals surface area contributed by atoms with E-state index < -0.39 is 15.4 Å². The van der Waals surface area contributed by atoms with E-state index in [4.69, 9.17) is 18.9 Å². The maximum Gasteiger partial charge on any atom is 0.265 e. The smallest absolute Gasteiger partial charge is 0.265 e. The van der Waals surface area contributed by atoms with Crippen LogP contribution in [0.15, 0.2) is 42.5 Å². The van der Waals surface area contributed by atoms with Gasteiger partial charge in [0.2, 0.25) is 0 Å². The number of benzene rings is 2. The van der Waals surface area contributed by atoms with Gasteiger partial charge in [-0.05, 0) is 61.2 Å². The molecule has 2 heterocycles. The van der Waals surface area contributed by atoms with E-state index in [1.807, 2.05) is 24.3 Å². The fourth-order valence-electron chi connectivity index (χ4n) is 5.00. The Labute approximate surface area is 219 Å². The van der Waals surface area contributed by atoms with Crippen molar-refractivity contribution in [3.05, 3.63) is 53.6 Å². The summed E-state index contributed by atoms with van der Waals surface area (Å²) in [4.78, 5) is 14.5. The molecule has 202 valence electrons. The lowest BCUT2D eigenvalue weighted by Gasteiger charge is -2.40. The van der Waals surface area contributed by atoms with Crippen molar-refractivity contribution < 1.29 is 32.2 Å². The highest BCUT2D eigenvalue weighted by atomic mass is 32.2. The summed E-state index contributed by atoms with van der Waals surface area (Å²) in [5.74, 6) is 0.810. The van der Waals surface area contributed by atoms with Crippen molar-refractivity contribution in [2.75, 3.05) is 64.0 Å². The summed E-state index contributed by atoms with van der Waals surface area (Å²) >= 11 is 0. The van der Waals surface area contributed by atoms with Crippen molar-refractivity contribution in [1.29, 1.82) is 0 Å². The Morgan fingerprint density at radius 2 is 1.89 bits per heavy atom. The number of carbonyl (C=O) groups excluding carboxylic acids is 1. The molecular weight excluding hydrogens is 496 g/mol. The summed E-state index contributed by atoms with van der Waals surface area (Å²) in [6.45, 7) is 2.45. The molecule has 0 saturated carbocycles. The van der Waals surface area contributed by atoms with E-state index >= 15 is 0 Å². The number of methoxy groups -OCH3 is 2. The molecule has 2 aromatic rings. The first kappa shape index (κ1) is 27.4. The van der Waals surface area contributed by atoms with Crippen molar-refractivity contribution in [3.63, 3.8) is 0 Å². The molecule has 2 aromatic carbocycles. The van der Waals surface area contributed by atoms with Crippen LogP contribution >= 0.6 is 0 Å². The summed E-state index contributed by atoms with van der Waals surface area (Å²) < 4.78 is 48.9. The van der Waals surface area contributed by atoms with Gasteiger partial charge in [-0.25, -0.2) is 8.42 Å². The van der Waals surface area contributed by atoms with Gasteiger partial charge in [0.15, 0.2) is 16.4 Å². The number of hydrogen-bond donors (Lipinski definition) is 1. The molecule has 2 atom stereocenters. The van der Waals surface area contributed by atoms with Gasteiger partial charge >= 0.3 is 0 Å². The molecule has 2 aliphatic heterocycles. The number of anilines is 1. The van der Waals surface area contributed by atoms with Crippen molar-refractivity contribution in [2.45, 2.75) is 31.0 Å². The first-order chi connectivity index (χ1) is 17.8. The SMILES string of the molecule is COCCCN1C(=O)COc2ccc(C(CS(C)(=O)=O)(O[C@@H]3CCCNC3)c3ccc(OC)cc3)cc21. The molecule has 1 N–H and O–H groups in total. The molecule has 1 fully saturated rings. The lowest BCUT2D eigenvalue weighted by molar-refractivity contribution is -0.121. The van der Waals surface area contributed by atoms with E-state index in [2.05, 4.69) is 5.32 Å². The molecule has 1 saturated heterocycles. The standard InChI is InChI=1S/C27H36N2O7S/c1-33-15-5-14-29-24-16-21(9-12-25(24)35-18-26(29)30)27(19-37(3,31)32,36-23-6-4-13-28-17-23)20-7-10-22(34-2)11-8-20/h7-12,16,23,28H,4-6,13-15,17-19H2,1-3H3/t23-,27?/m1/s1. The maximum atomic E-state index is 12.9. The molecule has 10 heteroatoms. The molecule has 1 amide bonds. The van der Waals surface area contributed by atoms with E-state index in [1.54, 1.807) is 37.3 Å². The highest BCUT2D eigenvalue weighted by Gasteiger charge is 2.42. The minimum atomic E-state index is -3.51. The molecule has 0 bridgehead atoms. The molecular formula is C27H36N2O7S. The molecule has 0 aliphatic carbocycles. The quantitative estimate of drug-likeness (QED) is 0.441. The van der Waals surface area contributed by atoms with Crippen LogP contribution in [0.4, 0.5) is 5.69 Å². The van der Waals surface area contributed by atoms with E-state index in [1.165, 1.54) is 6.26 Å². The molecule has 0 radical (unpaired) electrons. The number of ether oxygens (including phenoxy) is 4. The van der Waals surface area contributed by atoms with Crippen LogP contribution in [0.2, 0.25) is 0 Å². The van der Waals surface area contributed by atoms with E-state index in [0.717, 1.165) is 19.4 Å². The Kier molecular flexibility index (Phi) is 8.74. The zero-order valence-corrected chi connectivity index (χ0v) is 22.5. The number of hydrogen-bond acceptors (Lipinski definition) is 8. The Hall–Kier alpha value is -2.66.